The van der Waals surface area contributed by atoms with Crippen LogP contribution in [0.15, 0.2) is 6.20 Å². The van der Waals surface area contributed by atoms with Crippen molar-refractivity contribution < 1.29 is 14.6 Å². The van der Waals surface area contributed by atoms with Crippen molar-refractivity contribution in [3.8, 4) is 0 Å². The fraction of sp³-hybridized carbons (Fsp3) is 0.556. The predicted molar refractivity (Wildman–Crippen MR) is 52.7 cm³/mol. The van der Waals surface area contributed by atoms with Crippen LogP contribution in [-0.4, -0.2) is 27.2 Å². The highest BCUT2D eigenvalue weighted by atomic mass is 35.5. The molecule has 1 fully saturated rings. The van der Waals surface area contributed by atoms with Crippen molar-refractivity contribution in [2.24, 2.45) is 13.0 Å². The first-order valence-corrected chi connectivity index (χ1v) is 5.00. The molecule has 1 aliphatic heterocycles. The number of aliphatic carboxylic acids is 1. The molecule has 2 heterocycles. The summed E-state index contributed by atoms with van der Waals surface area (Å²) in [4.78, 5) is 15.0. The third-order valence-electron chi connectivity index (χ3n) is 2.63. The van der Waals surface area contributed by atoms with E-state index in [2.05, 4.69) is 4.98 Å². The molecule has 6 heteroatoms. The lowest BCUT2D eigenvalue weighted by Gasteiger charge is -2.14. The number of hydrogen-bond acceptors (Lipinski definition) is 3. The molecule has 82 valence electrons. The van der Waals surface area contributed by atoms with Gasteiger partial charge in [-0.1, -0.05) is 11.6 Å². The molecular weight excluding hydrogens is 220 g/mol. The minimum atomic E-state index is -0.850. The Balaban J connectivity index is 2.30. The second-order valence-electron chi connectivity index (χ2n) is 3.52. The van der Waals surface area contributed by atoms with Crippen molar-refractivity contribution in [3.63, 3.8) is 0 Å². The lowest BCUT2D eigenvalue weighted by molar-refractivity contribution is -0.143. The Morgan fingerprint density at radius 1 is 1.80 bits per heavy atom. The third-order valence-corrected chi connectivity index (χ3v) is 2.98. The van der Waals surface area contributed by atoms with Gasteiger partial charge in [0.05, 0.1) is 12.1 Å². The van der Waals surface area contributed by atoms with Gasteiger partial charge in [0.25, 0.3) is 0 Å². The van der Waals surface area contributed by atoms with Crippen LogP contribution in [0, 0.1) is 5.92 Å². The third kappa shape index (κ3) is 1.72. The van der Waals surface area contributed by atoms with E-state index in [9.17, 15) is 4.79 Å². The SMILES string of the molecule is Cn1c(Cl)cnc1C1OCCC1C(=O)O. The normalized spacial score (nSPS) is 25.7. The predicted octanol–water partition coefficient (Wildman–Crippen LogP) is 1.24. The van der Waals surface area contributed by atoms with Crippen LogP contribution in [-0.2, 0) is 16.6 Å². The van der Waals surface area contributed by atoms with E-state index in [0.717, 1.165) is 0 Å². The largest absolute Gasteiger partial charge is 0.481 e. The molecule has 0 amide bonds. The van der Waals surface area contributed by atoms with E-state index in [1.165, 1.54) is 6.20 Å². The first-order valence-electron chi connectivity index (χ1n) is 4.62. The maximum Gasteiger partial charge on any atom is 0.309 e. The molecule has 2 rings (SSSR count). The number of carboxylic acids is 1. The summed E-state index contributed by atoms with van der Waals surface area (Å²) >= 11 is 5.83. The Labute approximate surface area is 91.6 Å². The van der Waals surface area contributed by atoms with Gasteiger partial charge in [0.15, 0.2) is 0 Å². The van der Waals surface area contributed by atoms with Crippen molar-refractivity contribution in [2.45, 2.75) is 12.5 Å². The van der Waals surface area contributed by atoms with Crippen LogP contribution in [0.25, 0.3) is 0 Å². The summed E-state index contributed by atoms with van der Waals surface area (Å²) in [5, 5.41) is 9.47. The van der Waals surface area contributed by atoms with Gasteiger partial charge in [-0.3, -0.25) is 4.79 Å². The Hall–Kier alpha value is -1.07. The van der Waals surface area contributed by atoms with Crippen LogP contribution in [0.2, 0.25) is 5.15 Å². The molecule has 2 atom stereocenters. The first kappa shape index (κ1) is 10.4. The van der Waals surface area contributed by atoms with Gasteiger partial charge in [0, 0.05) is 13.7 Å². The molecule has 1 N–H and O–H groups in total. The van der Waals surface area contributed by atoms with Crippen LogP contribution >= 0.6 is 11.6 Å². The summed E-state index contributed by atoms with van der Waals surface area (Å²) in [5.41, 5.74) is 0. The van der Waals surface area contributed by atoms with E-state index in [4.69, 9.17) is 21.4 Å². The first-order chi connectivity index (χ1) is 7.11. The van der Waals surface area contributed by atoms with Crippen molar-refractivity contribution in [1.82, 2.24) is 9.55 Å². The molecule has 0 aliphatic carbocycles. The average Bonchev–Trinajstić information content (AvgIpc) is 2.75. The average molecular weight is 231 g/mol. The Kier molecular flexibility index (Phi) is 2.67. The van der Waals surface area contributed by atoms with E-state index in [-0.39, 0.29) is 0 Å². The summed E-state index contributed by atoms with van der Waals surface area (Å²) in [6, 6.07) is 0. The van der Waals surface area contributed by atoms with E-state index in [1.807, 2.05) is 0 Å². The second-order valence-corrected chi connectivity index (χ2v) is 3.91. The molecule has 15 heavy (non-hydrogen) atoms. The molecule has 0 aromatic carbocycles. The number of aromatic nitrogens is 2. The molecule has 1 saturated heterocycles. The molecule has 0 radical (unpaired) electrons. The van der Waals surface area contributed by atoms with Gasteiger partial charge in [-0.25, -0.2) is 4.98 Å². The molecule has 0 bridgehead atoms. The van der Waals surface area contributed by atoms with Crippen LogP contribution in [0.1, 0.15) is 18.3 Å². The fourth-order valence-electron chi connectivity index (χ4n) is 1.76. The topological polar surface area (TPSA) is 64.4 Å². The lowest BCUT2D eigenvalue weighted by Crippen LogP contribution is -2.20. The number of carboxylic acid groups (broad SMARTS) is 1. The summed E-state index contributed by atoms with van der Waals surface area (Å²) in [6.07, 6.45) is 1.53. The molecule has 0 spiro atoms. The Bertz CT molecular complexity index is 391. The van der Waals surface area contributed by atoms with Crippen LogP contribution < -0.4 is 0 Å². The summed E-state index contributed by atoms with van der Waals surface area (Å²) in [7, 11) is 1.74. The minimum absolute atomic E-state index is 0.451. The lowest BCUT2D eigenvalue weighted by atomic mass is 10.0. The van der Waals surface area contributed by atoms with Gasteiger partial charge < -0.3 is 14.4 Å². The highest BCUT2D eigenvalue weighted by molar-refractivity contribution is 6.29. The minimum Gasteiger partial charge on any atom is -0.481 e. The molecule has 1 aliphatic rings. The molecule has 2 unspecified atom stereocenters. The highest BCUT2D eigenvalue weighted by Gasteiger charge is 2.37. The number of nitrogens with zero attached hydrogens (tertiary/aromatic N) is 2. The van der Waals surface area contributed by atoms with Gasteiger partial charge in [-0.2, -0.15) is 0 Å². The zero-order valence-electron chi connectivity index (χ0n) is 8.18. The standard InChI is InChI=1S/C9H11ClN2O3/c1-12-6(10)4-11-8(12)7-5(9(13)14)2-3-15-7/h4-5,7H,2-3H2,1H3,(H,13,14). The van der Waals surface area contributed by atoms with Crippen LogP contribution in [0.5, 0.6) is 0 Å². The number of imidazole rings is 1. The molecule has 0 saturated carbocycles. The van der Waals surface area contributed by atoms with E-state index < -0.39 is 18.0 Å². The van der Waals surface area contributed by atoms with Crippen molar-refractivity contribution in [2.75, 3.05) is 6.61 Å². The molecule has 5 nitrogen and oxygen atoms in total. The maximum atomic E-state index is 11.0. The van der Waals surface area contributed by atoms with E-state index >= 15 is 0 Å². The van der Waals surface area contributed by atoms with Crippen molar-refractivity contribution >= 4 is 17.6 Å². The zero-order valence-corrected chi connectivity index (χ0v) is 8.94. The summed E-state index contributed by atoms with van der Waals surface area (Å²) < 4.78 is 7.03. The van der Waals surface area contributed by atoms with Crippen molar-refractivity contribution in [3.05, 3.63) is 17.2 Å². The van der Waals surface area contributed by atoms with Gasteiger partial charge in [-0.05, 0) is 6.42 Å². The zero-order chi connectivity index (χ0) is 11.0. The highest BCUT2D eigenvalue weighted by Crippen LogP contribution is 2.34. The number of halogens is 1. The molecule has 1 aromatic rings. The summed E-state index contributed by atoms with van der Waals surface area (Å²) in [6.45, 7) is 0.451. The number of hydrogen-bond donors (Lipinski definition) is 1. The smallest absolute Gasteiger partial charge is 0.309 e. The number of ether oxygens (including phenoxy) is 1. The van der Waals surface area contributed by atoms with Crippen LogP contribution in [0.4, 0.5) is 0 Å². The number of rotatable bonds is 2. The van der Waals surface area contributed by atoms with Gasteiger partial charge >= 0.3 is 5.97 Å². The van der Waals surface area contributed by atoms with E-state index in [1.54, 1.807) is 11.6 Å². The Morgan fingerprint density at radius 3 is 3.07 bits per heavy atom. The molecule has 1 aromatic heterocycles. The van der Waals surface area contributed by atoms with Crippen molar-refractivity contribution in [1.29, 1.82) is 0 Å². The molecular formula is C9H11ClN2O3. The second kappa shape index (κ2) is 3.83. The monoisotopic (exact) mass is 230 g/mol. The van der Waals surface area contributed by atoms with Gasteiger partial charge in [0.2, 0.25) is 0 Å². The van der Waals surface area contributed by atoms with Gasteiger partial charge in [0.1, 0.15) is 17.1 Å². The Morgan fingerprint density at radius 2 is 2.53 bits per heavy atom. The quantitative estimate of drug-likeness (QED) is 0.830. The van der Waals surface area contributed by atoms with Crippen LogP contribution in [0.3, 0.4) is 0 Å². The maximum absolute atomic E-state index is 11.0. The number of carbonyl (C=O) groups is 1. The van der Waals surface area contributed by atoms with E-state index in [0.29, 0.717) is 24.0 Å². The van der Waals surface area contributed by atoms with Gasteiger partial charge in [-0.15, -0.1) is 0 Å². The summed E-state index contributed by atoms with van der Waals surface area (Å²) in [5.74, 6) is -0.802. The fourth-order valence-corrected chi connectivity index (χ4v) is 1.90.